The Morgan fingerprint density at radius 3 is 2.52 bits per heavy atom. The molecule has 0 atom stereocenters. The molecule has 2 aromatic carbocycles. The van der Waals surface area contributed by atoms with Crippen LogP contribution in [-0.4, -0.2) is 36.1 Å². The Kier molecular flexibility index (Phi) is 7.87. The summed E-state index contributed by atoms with van der Waals surface area (Å²) in [6.45, 7) is 2.02. The largest absolute Gasteiger partial charge is 0.492 e. The van der Waals surface area contributed by atoms with E-state index in [1.165, 1.54) is 6.21 Å². The lowest BCUT2D eigenvalue weighted by atomic mass is 9.94. The van der Waals surface area contributed by atoms with Gasteiger partial charge in [-0.05, 0) is 65.8 Å². The third-order valence-corrected chi connectivity index (χ3v) is 7.96. The summed E-state index contributed by atoms with van der Waals surface area (Å²) in [5.41, 5.74) is -2.25. The van der Waals surface area contributed by atoms with E-state index in [1.807, 2.05) is 0 Å². The summed E-state index contributed by atoms with van der Waals surface area (Å²) in [5.74, 6) is 0.114. The van der Waals surface area contributed by atoms with Gasteiger partial charge in [-0.15, -0.1) is 0 Å². The van der Waals surface area contributed by atoms with Crippen LogP contribution in [0.3, 0.4) is 0 Å². The second-order valence-electron chi connectivity index (χ2n) is 9.58. The van der Waals surface area contributed by atoms with Gasteiger partial charge in [0.05, 0.1) is 27.6 Å². The summed E-state index contributed by atoms with van der Waals surface area (Å²) >= 11 is 1.07. The zero-order chi connectivity index (χ0) is 28.5. The number of aromatic nitrogens is 1. The predicted octanol–water partition coefficient (Wildman–Crippen LogP) is 5.52. The Morgan fingerprint density at radius 2 is 1.80 bits per heavy atom. The van der Waals surface area contributed by atoms with Gasteiger partial charge in [-0.1, -0.05) is 23.5 Å². The highest BCUT2D eigenvalue weighted by Crippen LogP contribution is 2.40. The molecule has 2 aliphatic rings. The molecule has 0 unspecified atom stereocenters. The second kappa shape index (κ2) is 11.2. The van der Waals surface area contributed by atoms with Gasteiger partial charge >= 0.3 is 12.4 Å². The molecule has 2 aliphatic heterocycles. The lowest BCUT2D eigenvalue weighted by Crippen LogP contribution is -2.18. The topological polar surface area (TPSA) is 79.1 Å². The smallest absolute Gasteiger partial charge is 0.416 e. The van der Waals surface area contributed by atoms with Crippen molar-refractivity contribution in [2.45, 2.75) is 38.0 Å². The number of nitrogens with one attached hydrogen (secondary N) is 1. The molecule has 0 aliphatic carbocycles. The minimum absolute atomic E-state index is 0.122. The van der Waals surface area contributed by atoms with E-state index in [0.717, 1.165) is 36.7 Å². The van der Waals surface area contributed by atoms with Gasteiger partial charge in [-0.25, -0.2) is 0 Å². The van der Waals surface area contributed by atoms with Gasteiger partial charge in [0.15, 0.2) is 5.13 Å². The summed E-state index contributed by atoms with van der Waals surface area (Å²) in [4.78, 5) is 4.39. The van der Waals surface area contributed by atoms with Crippen molar-refractivity contribution in [3.05, 3.63) is 74.1 Å². The number of nitrogens with zero attached hydrogens (tertiary/aromatic N) is 3. The average Bonchev–Trinajstić information content (AvgIpc) is 3.52. The Bertz CT molecular complexity index is 1540. The highest BCUT2D eigenvalue weighted by molar-refractivity contribution is 7.16. The first kappa shape index (κ1) is 28.1. The van der Waals surface area contributed by atoms with Crippen LogP contribution in [0.25, 0.3) is 5.57 Å². The lowest BCUT2D eigenvalue weighted by molar-refractivity contribution is -0.143. The van der Waals surface area contributed by atoms with E-state index >= 15 is 0 Å². The number of fused-ring (bicyclic) bond motifs is 1. The molecular weight excluding hydrogens is 558 g/mol. The Hall–Kier alpha value is -3.45. The van der Waals surface area contributed by atoms with Gasteiger partial charge in [0, 0.05) is 31.7 Å². The number of hydrogen-bond donors (Lipinski definition) is 2. The summed E-state index contributed by atoms with van der Waals surface area (Å²) in [6, 6.07) is 6.52. The zero-order valence-corrected chi connectivity index (χ0v) is 21.8. The van der Waals surface area contributed by atoms with Crippen molar-refractivity contribution in [2.75, 3.05) is 25.1 Å². The first-order chi connectivity index (χ1) is 19.0. The van der Waals surface area contributed by atoms with Gasteiger partial charge in [0.1, 0.15) is 0 Å². The monoisotopic (exact) mass is 582 g/mol. The molecule has 6 nitrogen and oxygen atoms in total. The van der Waals surface area contributed by atoms with Gasteiger partial charge in [-0.3, -0.25) is 0 Å². The molecule has 1 fully saturated rings. The molecule has 0 amide bonds. The maximum Gasteiger partial charge on any atom is 0.416 e. The fourth-order valence-electron chi connectivity index (χ4n) is 4.77. The van der Waals surface area contributed by atoms with Crippen molar-refractivity contribution >= 4 is 28.3 Å². The van der Waals surface area contributed by atoms with Crippen LogP contribution in [-0.2, 0) is 23.5 Å². The molecule has 1 aromatic heterocycles. The summed E-state index contributed by atoms with van der Waals surface area (Å²) in [7, 11) is 0. The summed E-state index contributed by atoms with van der Waals surface area (Å²) in [6.07, 6.45) is -6.10. The molecule has 1 saturated heterocycles. The van der Waals surface area contributed by atoms with Crippen LogP contribution in [0.5, 0.6) is 5.88 Å². The van der Waals surface area contributed by atoms with Crippen molar-refractivity contribution in [3.63, 3.8) is 0 Å². The Morgan fingerprint density at radius 1 is 1.02 bits per heavy atom. The minimum Gasteiger partial charge on any atom is -0.492 e. The Labute approximate surface area is 228 Å². The number of benzene rings is 2. The predicted molar refractivity (Wildman–Crippen MR) is 138 cm³/mol. The molecular formula is C27H24F6N4O2S. The van der Waals surface area contributed by atoms with Gasteiger partial charge in [0.25, 0.3) is 0 Å². The van der Waals surface area contributed by atoms with Crippen LogP contribution < -0.4 is 15.9 Å². The van der Waals surface area contributed by atoms with Crippen LogP contribution in [0, 0.1) is 5.92 Å². The number of anilines is 1. The third-order valence-electron chi connectivity index (χ3n) is 6.90. The van der Waals surface area contributed by atoms with Crippen molar-refractivity contribution in [2.24, 2.45) is 16.1 Å². The van der Waals surface area contributed by atoms with Crippen LogP contribution in [0.1, 0.15) is 46.4 Å². The number of halogens is 6. The molecule has 40 heavy (non-hydrogen) atoms. The summed E-state index contributed by atoms with van der Waals surface area (Å²) < 4.78 is 86.9. The molecule has 3 aromatic rings. The normalized spacial score (nSPS) is 16.6. The molecule has 13 heteroatoms. The van der Waals surface area contributed by atoms with E-state index in [4.69, 9.17) is 4.74 Å². The zero-order valence-electron chi connectivity index (χ0n) is 20.9. The second-order valence-corrected chi connectivity index (χ2v) is 10.6. The molecule has 0 spiro atoms. The number of aromatic hydroxyl groups is 1. The van der Waals surface area contributed by atoms with Crippen LogP contribution in [0.4, 0.5) is 31.5 Å². The van der Waals surface area contributed by atoms with E-state index in [1.54, 1.807) is 18.2 Å². The number of rotatable bonds is 7. The quantitative estimate of drug-likeness (QED) is 0.360. The van der Waals surface area contributed by atoms with Crippen molar-refractivity contribution in [3.8, 4) is 5.88 Å². The molecule has 212 valence electrons. The molecule has 3 heterocycles. The van der Waals surface area contributed by atoms with E-state index in [9.17, 15) is 31.4 Å². The molecule has 2 N–H and O–H groups in total. The van der Waals surface area contributed by atoms with E-state index in [0.29, 0.717) is 53.0 Å². The molecule has 5 rings (SSSR count). The highest BCUT2D eigenvalue weighted by atomic mass is 32.1. The third kappa shape index (κ3) is 6.30. The van der Waals surface area contributed by atoms with Crippen LogP contribution in [0.2, 0.25) is 0 Å². The van der Waals surface area contributed by atoms with E-state index in [-0.39, 0.29) is 28.0 Å². The number of ether oxygens (including phenoxy) is 1. The Balaban J connectivity index is 1.53. The van der Waals surface area contributed by atoms with Gasteiger partial charge in [-0.2, -0.15) is 41.5 Å². The standard InChI is InChI=1S/C27H24F6N4O2S/c28-26(29,30)19-3-1-17(21(13-19)27(31,32)33)12-20(16-2-4-22-18(11-16)14-35-37-22)23-24(38)36-25(40-23)34-8-5-15-6-9-39-10-7-15/h1-4,11,13-15,38H,5-10,12H2,(H,34,36). The lowest BCUT2D eigenvalue weighted by Gasteiger charge is -2.21. The summed E-state index contributed by atoms with van der Waals surface area (Å²) in [5, 5.41) is 23.2. The first-order valence-corrected chi connectivity index (χ1v) is 13.3. The fourth-order valence-corrected chi connectivity index (χ4v) is 5.72. The maximum absolute atomic E-state index is 13.9. The van der Waals surface area contributed by atoms with Crippen molar-refractivity contribution in [1.82, 2.24) is 4.98 Å². The van der Waals surface area contributed by atoms with Gasteiger partial charge < -0.3 is 15.2 Å². The minimum atomic E-state index is -5.03. The van der Waals surface area contributed by atoms with Gasteiger partial charge in [0.2, 0.25) is 5.88 Å². The van der Waals surface area contributed by atoms with Crippen molar-refractivity contribution in [1.29, 1.82) is 0 Å². The molecule has 0 saturated carbocycles. The average molecular weight is 583 g/mol. The molecule has 0 bridgehead atoms. The van der Waals surface area contributed by atoms with Crippen molar-refractivity contribution < 1.29 is 36.2 Å². The van der Waals surface area contributed by atoms with Crippen LogP contribution >= 0.6 is 11.3 Å². The highest BCUT2D eigenvalue weighted by Gasteiger charge is 2.38. The maximum atomic E-state index is 13.9. The fraction of sp³-hybridized carbons (Fsp3) is 0.370. The number of alkyl halides is 6. The van der Waals surface area contributed by atoms with Crippen LogP contribution in [0.15, 0.2) is 46.6 Å². The first-order valence-electron chi connectivity index (χ1n) is 12.5. The number of hydrogen-bond acceptors (Lipinski definition) is 7. The van der Waals surface area contributed by atoms with E-state index < -0.39 is 29.9 Å². The number of thiazole rings is 1. The molecule has 0 radical (unpaired) electrons. The van der Waals surface area contributed by atoms with E-state index in [2.05, 4.69) is 20.5 Å². The SMILES string of the molecule is Oc1nc(NCCC2CCOCC2)sc1C(Cc1ccc(C(F)(F)F)cc1C(F)(F)F)=c1ccc2c(c1)C=NN=2.